The van der Waals surface area contributed by atoms with Crippen LogP contribution in [0.5, 0.6) is 5.75 Å². The number of rotatable bonds is 6. The molecule has 0 bridgehead atoms. The number of ether oxygens (including phenoxy) is 1. The first-order valence-corrected chi connectivity index (χ1v) is 8.45. The van der Waals surface area contributed by atoms with Gasteiger partial charge < -0.3 is 19.9 Å². The number of halogens is 1. The lowest BCUT2D eigenvalue weighted by atomic mass is 10.1. The highest BCUT2D eigenvalue weighted by Gasteiger charge is 2.16. The van der Waals surface area contributed by atoms with Gasteiger partial charge in [0.05, 0.1) is 0 Å². The van der Waals surface area contributed by atoms with Crippen LogP contribution in [0.3, 0.4) is 0 Å². The predicted molar refractivity (Wildman–Crippen MR) is 99.8 cm³/mol. The first-order chi connectivity index (χ1) is 13.5. The molecule has 7 nitrogen and oxygen atoms in total. The van der Waals surface area contributed by atoms with E-state index >= 15 is 0 Å². The van der Waals surface area contributed by atoms with E-state index in [1.807, 2.05) is 0 Å². The third-order valence-corrected chi connectivity index (χ3v) is 4.04. The van der Waals surface area contributed by atoms with Gasteiger partial charge in [0.15, 0.2) is 11.5 Å². The third-order valence-electron chi connectivity index (χ3n) is 4.04. The SMILES string of the molecule is CNC(=O)c1cccc(NC(=O)c2cc(COc3ccc(F)cc3)on2)c1C. The normalized spacial score (nSPS) is 10.4. The van der Waals surface area contributed by atoms with E-state index in [9.17, 15) is 14.0 Å². The molecule has 3 rings (SSSR count). The van der Waals surface area contributed by atoms with Crippen molar-refractivity contribution in [2.45, 2.75) is 13.5 Å². The van der Waals surface area contributed by atoms with Crippen LogP contribution in [0.1, 0.15) is 32.2 Å². The van der Waals surface area contributed by atoms with Gasteiger partial charge in [-0.15, -0.1) is 0 Å². The Kier molecular flexibility index (Phi) is 5.69. The molecule has 0 saturated heterocycles. The molecule has 28 heavy (non-hydrogen) atoms. The lowest BCUT2D eigenvalue weighted by molar-refractivity contribution is 0.0960. The van der Waals surface area contributed by atoms with Gasteiger partial charge in [-0.05, 0) is 48.9 Å². The van der Waals surface area contributed by atoms with Crippen molar-refractivity contribution in [3.8, 4) is 5.75 Å². The van der Waals surface area contributed by atoms with Crippen LogP contribution in [-0.2, 0) is 6.61 Å². The van der Waals surface area contributed by atoms with E-state index in [0.717, 1.165) is 0 Å². The molecule has 2 amide bonds. The number of amides is 2. The van der Waals surface area contributed by atoms with Gasteiger partial charge in [0.25, 0.3) is 11.8 Å². The van der Waals surface area contributed by atoms with Crippen molar-refractivity contribution in [1.82, 2.24) is 10.5 Å². The molecular weight excluding hydrogens is 365 g/mol. The summed E-state index contributed by atoms with van der Waals surface area (Å²) in [5, 5.41) is 9.01. The molecule has 1 heterocycles. The Morgan fingerprint density at radius 2 is 1.89 bits per heavy atom. The van der Waals surface area contributed by atoms with Crippen LogP contribution in [0, 0.1) is 12.7 Å². The average molecular weight is 383 g/mol. The summed E-state index contributed by atoms with van der Waals surface area (Å²) >= 11 is 0. The van der Waals surface area contributed by atoms with Crippen molar-refractivity contribution < 1.29 is 23.2 Å². The van der Waals surface area contributed by atoms with Gasteiger partial charge >= 0.3 is 0 Å². The lowest BCUT2D eigenvalue weighted by Gasteiger charge is -2.10. The quantitative estimate of drug-likeness (QED) is 0.681. The molecule has 0 aliphatic carbocycles. The molecule has 8 heteroatoms. The Morgan fingerprint density at radius 3 is 2.61 bits per heavy atom. The summed E-state index contributed by atoms with van der Waals surface area (Å²) in [6.07, 6.45) is 0. The summed E-state index contributed by atoms with van der Waals surface area (Å²) in [6.45, 7) is 1.78. The summed E-state index contributed by atoms with van der Waals surface area (Å²) in [5.41, 5.74) is 1.67. The fourth-order valence-corrected chi connectivity index (χ4v) is 2.51. The zero-order chi connectivity index (χ0) is 20.1. The average Bonchev–Trinajstić information content (AvgIpc) is 3.18. The Morgan fingerprint density at radius 1 is 1.14 bits per heavy atom. The molecule has 0 fully saturated rings. The second-order valence-electron chi connectivity index (χ2n) is 5.93. The lowest BCUT2D eigenvalue weighted by Crippen LogP contribution is -2.20. The number of hydrogen-bond acceptors (Lipinski definition) is 5. The van der Waals surface area contributed by atoms with Crippen LogP contribution in [0.4, 0.5) is 10.1 Å². The Bertz CT molecular complexity index is 999. The largest absolute Gasteiger partial charge is 0.486 e. The number of hydrogen-bond donors (Lipinski definition) is 2. The van der Waals surface area contributed by atoms with E-state index in [-0.39, 0.29) is 24.0 Å². The maximum Gasteiger partial charge on any atom is 0.277 e. The second-order valence-corrected chi connectivity index (χ2v) is 5.93. The highest BCUT2D eigenvalue weighted by atomic mass is 19.1. The minimum absolute atomic E-state index is 0.0388. The van der Waals surface area contributed by atoms with Gasteiger partial charge in [-0.2, -0.15) is 0 Å². The van der Waals surface area contributed by atoms with Gasteiger partial charge in [-0.3, -0.25) is 9.59 Å². The maximum atomic E-state index is 12.9. The molecule has 0 saturated carbocycles. The molecular formula is C20H18FN3O4. The van der Waals surface area contributed by atoms with Crippen molar-refractivity contribution in [1.29, 1.82) is 0 Å². The zero-order valence-electron chi connectivity index (χ0n) is 15.3. The number of nitrogens with zero attached hydrogens (tertiary/aromatic N) is 1. The van der Waals surface area contributed by atoms with Gasteiger partial charge in [-0.25, -0.2) is 4.39 Å². The van der Waals surface area contributed by atoms with E-state index < -0.39 is 5.91 Å². The van der Waals surface area contributed by atoms with Gasteiger partial charge in [0.1, 0.15) is 18.2 Å². The Hall–Kier alpha value is -3.68. The fourth-order valence-electron chi connectivity index (χ4n) is 2.51. The van der Waals surface area contributed by atoms with Crippen LogP contribution in [0.15, 0.2) is 53.1 Å². The summed E-state index contributed by atoms with van der Waals surface area (Å²) in [4.78, 5) is 24.3. The zero-order valence-corrected chi connectivity index (χ0v) is 15.3. The van der Waals surface area contributed by atoms with E-state index in [0.29, 0.717) is 28.3 Å². The number of carbonyl (C=O) groups is 2. The van der Waals surface area contributed by atoms with Crippen molar-refractivity contribution >= 4 is 17.5 Å². The van der Waals surface area contributed by atoms with Crippen LogP contribution in [-0.4, -0.2) is 24.0 Å². The Balaban J connectivity index is 1.66. The fraction of sp³-hybridized carbons (Fsp3) is 0.150. The molecule has 1 aromatic heterocycles. The molecule has 2 N–H and O–H groups in total. The van der Waals surface area contributed by atoms with Crippen LogP contribution < -0.4 is 15.4 Å². The Labute approximate surface area is 160 Å². The highest BCUT2D eigenvalue weighted by molar-refractivity contribution is 6.04. The smallest absolute Gasteiger partial charge is 0.277 e. The minimum Gasteiger partial charge on any atom is -0.486 e. The van der Waals surface area contributed by atoms with Crippen molar-refractivity contribution in [2.24, 2.45) is 0 Å². The molecule has 0 unspecified atom stereocenters. The summed E-state index contributed by atoms with van der Waals surface area (Å²) in [5.74, 6) is -0.276. The first kappa shape index (κ1) is 19.1. The topological polar surface area (TPSA) is 93.5 Å². The van der Waals surface area contributed by atoms with Crippen molar-refractivity contribution in [3.05, 3.63) is 76.9 Å². The highest BCUT2D eigenvalue weighted by Crippen LogP contribution is 2.20. The molecule has 2 aromatic carbocycles. The maximum absolute atomic E-state index is 12.9. The molecule has 0 aliphatic rings. The third kappa shape index (κ3) is 4.35. The monoisotopic (exact) mass is 383 g/mol. The molecule has 144 valence electrons. The van der Waals surface area contributed by atoms with Gasteiger partial charge in [0, 0.05) is 24.4 Å². The summed E-state index contributed by atoms with van der Waals surface area (Å²) < 4.78 is 23.4. The van der Waals surface area contributed by atoms with Crippen LogP contribution >= 0.6 is 0 Å². The summed E-state index contributed by atoms with van der Waals surface area (Å²) in [7, 11) is 1.54. The number of carbonyl (C=O) groups excluding carboxylic acids is 2. The molecule has 0 radical (unpaired) electrons. The van der Waals surface area contributed by atoms with Crippen LogP contribution in [0.2, 0.25) is 0 Å². The van der Waals surface area contributed by atoms with Crippen molar-refractivity contribution in [2.75, 3.05) is 12.4 Å². The summed E-state index contributed by atoms with van der Waals surface area (Å²) in [6, 6.07) is 12.0. The van der Waals surface area contributed by atoms with E-state index in [4.69, 9.17) is 9.26 Å². The molecule has 0 spiro atoms. The number of aromatic nitrogens is 1. The van der Waals surface area contributed by atoms with E-state index in [1.54, 1.807) is 25.1 Å². The predicted octanol–water partition coefficient (Wildman–Crippen LogP) is 3.31. The minimum atomic E-state index is -0.478. The van der Waals surface area contributed by atoms with E-state index in [2.05, 4.69) is 15.8 Å². The van der Waals surface area contributed by atoms with Gasteiger partial charge in [-0.1, -0.05) is 11.2 Å². The number of benzene rings is 2. The molecule has 0 aliphatic heterocycles. The number of anilines is 1. The van der Waals surface area contributed by atoms with Gasteiger partial charge in [0.2, 0.25) is 0 Å². The molecule has 0 atom stereocenters. The van der Waals surface area contributed by atoms with Crippen LogP contribution in [0.25, 0.3) is 0 Å². The molecule has 3 aromatic rings. The first-order valence-electron chi connectivity index (χ1n) is 8.45. The standard InChI is InChI=1S/C20H18FN3O4/c1-12-16(19(25)22-2)4-3-5-17(12)23-20(26)18-10-15(28-24-18)11-27-14-8-6-13(21)7-9-14/h3-10H,11H2,1-2H3,(H,22,25)(H,23,26). The number of nitrogens with one attached hydrogen (secondary N) is 2. The van der Waals surface area contributed by atoms with E-state index in [1.165, 1.54) is 37.4 Å². The van der Waals surface area contributed by atoms with Crippen molar-refractivity contribution in [3.63, 3.8) is 0 Å². The second kappa shape index (κ2) is 8.34.